The highest BCUT2D eigenvalue weighted by molar-refractivity contribution is 5.86. The fourth-order valence-corrected chi connectivity index (χ4v) is 1.24. The fourth-order valence-electron chi connectivity index (χ4n) is 1.24. The molecule has 0 aliphatic rings. The van der Waals surface area contributed by atoms with E-state index in [0.29, 0.717) is 13.0 Å². The van der Waals surface area contributed by atoms with E-state index >= 15 is 0 Å². The van der Waals surface area contributed by atoms with Gasteiger partial charge in [0.25, 0.3) is 0 Å². The molecule has 3 amide bonds. The highest BCUT2D eigenvalue weighted by Crippen LogP contribution is 1.99. The molecule has 0 bridgehead atoms. The number of carboxylic acids is 1. The summed E-state index contributed by atoms with van der Waals surface area (Å²) < 4.78 is 0. The summed E-state index contributed by atoms with van der Waals surface area (Å²) in [5, 5.41) is 16.3. The minimum atomic E-state index is -0.894. The van der Waals surface area contributed by atoms with Gasteiger partial charge in [0, 0.05) is 13.1 Å². The van der Waals surface area contributed by atoms with E-state index in [9.17, 15) is 14.4 Å². The van der Waals surface area contributed by atoms with Crippen LogP contribution in [0.1, 0.15) is 33.6 Å². The van der Waals surface area contributed by atoms with Gasteiger partial charge in [-0.15, -0.1) is 0 Å². The molecular weight excluding hydrogens is 250 g/mol. The molecule has 0 heterocycles. The second-order valence-corrected chi connectivity index (χ2v) is 4.44. The Morgan fingerprint density at radius 2 is 1.74 bits per heavy atom. The maximum atomic E-state index is 11.5. The lowest BCUT2D eigenvalue weighted by Crippen LogP contribution is -2.48. The van der Waals surface area contributed by atoms with Crippen molar-refractivity contribution in [3.63, 3.8) is 0 Å². The third kappa shape index (κ3) is 8.01. The minimum absolute atomic E-state index is 0.240. The summed E-state index contributed by atoms with van der Waals surface area (Å²) in [7, 11) is 0. The van der Waals surface area contributed by atoms with Gasteiger partial charge in [0.2, 0.25) is 5.91 Å². The Bertz CT molecular complexity index is 320. The molecule has 0 radical (unpaired) electrons. The van der Waals surface area contributed by atoms with Gasteiger partial charge in [-0.1, -0.05) is 13.8 Å². The number of hydrogen-bond acceptors (Lipinski definition) is 3. The van der Waals surface area contributed by atoms with Gasteiger partial charge in [0.15, 0.2) is 0 Å². The second kappa shape index (κ2) is 9.18. The summed E-state index contributed by atoms with van der Waals surface area (Å²) in [4.78, 5) is 33.5. The first kappa shape index (κ1) is 17.2. The zero-order valence-corrected chi connectivity index (χ0v) is 11.7. The van der Waals surface area contributed by atoms with Crippen LogP contribution in [-0.4, -0.2) is 42.1 Å². The zero-order valence-electron chi connectivity index (χ0n) is 11.7. The standard InChI is InChI=1S/C12H23N3O4/c1-4-6-13-10(16)9(3)15-12(19)14-7-5-8(2)11(17)18/h8-9H,4-7H2,1-3H3,(H,13,16)(H,17,18)(H2,14,15,19). The zero-order chi connectivity index (χ0) is 14.8. The Hall–Kier alpha value is -1.79. The average molecular weight is 273 g/mol. The molecule has 7 nitrogen and oxygen atoms in total. The van der Waals surface area contributed by atoms with E-state index in [-0.39, 0.29) is 12.5 Å². The highest BCUT2D eigenvalue weighted by Gasteiger charge is 2.15. The quantitative estimate of drug-likeness (QED) is 0.510. The van der Waals surface area contributed by atoms with Crippen molar-refractivity contribution in [3.05, 3.63) is 0 Å². The van der Waals surface area contributed by atoms with Crippen molar-refractivity contribution in [1.82, 2.24) is 16.0 Å². The third-order valence-corrected chi connectivity index (χ3v) is 2.57. The Morgan fingerprint density at radius 3 is 2.26 bits per heavy atom. The molecule has 0 aliphatic carbocycles. The lowest BCUT2D eigenvalue weighted by atomic mass is 10.1. The van der Waals surface area contributed by atoms with Crippen molar-refractivity contribution in [2.24, 2.45) is 5.92 Å². The maximum Gasteiger partial charge on any atom is 0.315 e. The molecule has 0 spiro atoms. The molecule has 0 saturated carbocycles. The van der Waals surface area contributed by atoms with E-state index in [1.165, 1.54) is 0 Å². The van der Waals surface area contributed by atoms with Crippen LogP contribution in [0.2, 0.25) is 0 Å². The third-order valence-electron chi connectivity index (χ3n) is 2.57. The van der Waals surface area contributed by atoms with Gasteiger partial charge in [-0.2, -0.15) is 0 Å². The Balaban J connectivity index is 3.85. The Labute approximate surface area is 113 Å². The predicted molar refractivity (Wildman–Crippen MR) is 70.7 cm³/mol. The molecular formula is C12H23N3O4. The molecule has 0 aromatic heterocycles. The Kier molecular flexibility index (Phi) is 8.32. The number of urea groups is 1. The molecule has 2 unspecified atom stereocenters. The van der Waals surface area contributed by atoms with Gasteiger partial charge in [-0.25, -0.2) is 4.79 Å². The normalized spacial score (nSPS) is 13.2. The first-order chi connectivity index (χ1) is 8.88. The first-order valence-electron chi connectivity index (χ1n) is 6.43. The molecule has 19 heavy (non-hydrogen) atoms. The highest BCUT2D eigenvalue weighted by atomic mass is 16.4. The molecule has 4 N–H and O–H groups in total. The largest absolute Gasteiger partial charge is 0.481 e. The number of carbonyl (C=O) groups is 3. The summed E-state index contributed by atoms with van der Waals surface area (Å²) in [5.74, 6) is -1.64. The van der Waals surface area contributed by atoms with Crippen LogP contribution < -0.4 is 16.0 Å². The second-order valence-electron chi connectivity index (χ2n) is 4.44. The number of nitrogens with one attached hydrogen (secondary N) is 3. The van der Waals surface area contributed by atoms with Gasteiger partial charge in [0.05, 0.1) is 5.92 Å². The van der Waals surface area contributed by atoms with Crippen LogP contribution in [0.25, 0.3) is 0 Å². The summed E-state index contributed by atoms with van der Waals surface area (Å²) >= 11 is 0. The van der Waals surface area contributed by atoms with Gasteiger partial charge in [0.1, 0.15) is 6.04 Å². The van der Waals surface area contributed by atoms with Crippen LogP contribution >= 0.6 is 0 Å². The number of rotatable bonds is 8. The summed E-state index contributed by atoms with van der Waals surface area (Å²) in [6.07, 6.45) is 1.18. The molecule has 7 heteroatoms. The lowest BCUT2D eigenvalue weighted by Gasteiger charge is -2.14. The fraction of sp³-hybridized carbons (Fsp3) is 0.750. The van der Waals surface area contributed by atoms with Crippen molar-refractivity contribution >= 4 is 17.9 Å². The number of aliphatic carboxylic acids is 1. The van der Waals surface area contributed by atoms with E-state index in [0.717, 1.165) is 6.42 Å². The summed E-state index contributed by atoms with van der Waals surface area (Å²) in [5.41, 5.74) is 0. The predicted octanol–water partition coefficient (Wildman–Crippen LogP) is 0.311. The van der Waals surface area contributed by atoms with Crippen LogP contribution in [0.3, 0.4) is 0 Å². The summed E-state index contributed by atoms with van der Waals surface area (Å²) in [6, 6.07) is -1.10. The van der Waals surface area contributed by atoms with Crippen LogP contribution in [0.5, 0.6) is 0 Å². The first-order valence-corrected chi connectivity index (χ1v) is 6.43. The molecule has 0 aromatic rings. The minimum Gasteiger partial charge on any atom is -0.481 e. The average Bonchev–Trinajstić information content (AvgIpc) is 2.35. The number of carboxylic acid groups (broad SMARTS) is 1. The van der Waals surface area contributed by atoms with Crippen LogP contribution in [-0.2, 0) is 9.59 Å². The van der Waals surface area contributed by atoms with Crippen molar-refractivity contribution in [1.29, 1.82) is 0 Å². The Morgan fingerprint density at radius 1 is 1.11 bits per heavy atom. The van der Waals surface area contributed by atoms with E-state index in [1.54, 1.807) is 13.8 Å². The molecule has 0 saturated heterocycles. The van der Waals surface area contributed by atoms with Gasteiger partial charge >= 0.3 is 12.0 Å². The van der Waals surface area contributed by atoms with Crippen molar-refractivity contribution in [2.75, 3.05) is 13.1 Å². The molecule has 110 valence electrons. The number of carbonyl (C=O) groups excluding carboxylic acids is 2. The molecule has 0 rings (SSSR count). The SMILES string of the molecule is CCCNC(=O)C(C)NC(=O)NCCC(C)C(=O)O. The van der Waals surface area contributed by atoms with Crippen molar-refractivity contribution < 1.29 is 19.5 Å². The number of hydrogen-bond donors (Lipinski definition) is 4. The molecule has 0 aliphatic heterocycles. The number of amides is 3. The van der Waals surface area contributed by atoms with E-state index < -0.39 is 24.0 Å². The van der Waals surface area contributed by atoms with Crippen molar-refractivity contribution in [3.8, 4) is 0 Å². The van der Waals surface area contributed by atoms with E-state index in [1.807, 2.05) is 6.92 Å². The maximum absolute atomic E-state index is 11.5. The van der Waals surface area contributed by atoms with Gasteiger partial charge in [-0.05, 0) is 19.8 Å². The molecule has 0 fully saturated rings. The van der Waals surface area contributed by atoms with E-state index in [2.05, 4.69) is 16.0 Å². The van der Waals surface area contributed by atoms with Crippen LogP contribution in [0.4, 0.5) is 4.79 Å². The van der Waals surface area contributed by atoms with Gasteiger partial charge in [-0.3, -0.25) is 9.59 Å². The van der Waals surface area contributed by atoms with E-state index in [4.69, 9.17) is 5.11 Å². The topological polar surface area (TPSA) is 108 Å². The molecule has 0 aromatic carbocycles. The van der Waals surface area contributed by atoms with Gasteiger partial charge < -0.3 is 21.1 Å². The lowest BCUT2D eigenvalue weighted by molar-refractivity contribution is -0.141. The van der Waals surface area contributed by atoms with Crippen LogP contribution in [0.15, 0.2) is 0 Å². The monoisotopic (exact) mass is 273 g/mol. The molecule has 2 atom stereocenters. The van der Waals surface area contributed by atoms with Crippen molar-refractivity contribution in [2.45, 2.75) is 39.7 Å². The van der Waals surface area contributed by atoms with Crippen LogP contribution in [0, 0.1) is 5.92 Å². The smallest absolute Gasteiger partial charge is 0.315 e. The summed E-state index contributed by atoms with van der Waals surface area (Å²) in [6.45, 7) is 5.92.